The Bertz CT molecular complexity index is 2380. The lowest BCUT2D eigenvalue weighted by molar-refractivity contribution is -0.161. The standard InChI is InChI=1S/C81H136O16P2/c1-4-7-10-13-16-19-22-25-28-31-34-35-36-37-38-39-42-44-46-49-52-55-58-61-64-67-79(84)91-70-76(82)71-93-98(87,88)94-72-77(83)73-95-99(89,90)96-75-78(97-81(86)69-66-63-60-57-54-51-48-45-41-33-30-27-24-21-18-15-12-9-6-3)74-92-80(85)68-65-62-59-56-53-50-47-43-40-32-29-26-23-20-17-14-11-8-5-2/h7,10,16-21,25-30,34-35,37-38,40-45,76-78,82-83H,4-6,8-9,11-15,22-24,31-33,36,39,46-75H2,1-3H3,(H,87,88)(H,89,90)/b10-7-,19-16-,20-17-,21-18-,28-25-,29-26-,30-27-,35-34-,38-37-,43-40-,44-42-,45-41-. The first-order valence-corrected chi connectivity index (χ1v) is 41.1. The van der Waals surface area contributed by atoms with E-state index in [1.54, 1.807) is 0 Å². The molecule has 0 spiro atoms. The first kappa shape index (κ1) is 94.4. The highest BCUT2D eigenvalue weighted by Gasteiger charge is 2.29. The minimum absolute atomic E-state index is 0.0828. The Morgan fingerprint density at radius 3 is 0.848 bits per heavy atom. The zero-order valence-corrected chi connectivity index (χ0v) is 63.4. The van der Waals surface area contributed by atoms with Gasteiger partial charge in [-0.2, -0.15) is 0 Å². The van der Waals surface area contributed by atoms with E-state index in [1.807, 2.05) is 0 Å². The van der Waals surface area contributed by atoms with Crippen molar-refractivity contribution < 1.29 is 75.8 Å². The van der Waals surface area contributed by atoms with Gasteiger partial charge in [-0.05, 0) is 148 Å². The van der Waals surface area contributed by atoms with E-state index in [9.17, 15) is 43.5 Å². The smallest absolute Gasteiger partial charge is 0.463 e. The van der Waals surface area contributed by atoms with Crippen LogP contribution in [0, 0.1) is 0 Å². The first-order chi connectivity index (χ1) is 48.2. The minimum atomic E-state index is -4.94. The second kappa shape index (κ2) is 73.2. The normalized spacial score (nSPS) is 14.9. The summed E-state index contributed by atoms with van der Waals surface area (Å²) >= 11 is 0. The van der Waals surface area contributed by atoms with Gasteiger partial charge in [-0.1, -0.05) is 269 Å². The van der Waals surface area contributed by atoms with Crippen molar-refractivity contribution in [3.05, 3.63) is 146 Å². The van der Waals surface area contributed by atoms with E-state index in [-0.39, 0.29) is 19.3 Å². The van der Waals surface area contributed by atoms with Crippen LogP contribution in [0.3, 0.4) is 0 Å². The molecule has 0 rings (SSSR count). The molecule has 0 heterocycles. The van der Waals surface area contributed by atoms with Crippen LogP contribution in [-0.4, -0.2) is 95.9 Å². The van der Waals surface area contributed by atoms with Crippen LogP contribution >= 0.6 is 15.6 Å². The Kier molecular flexibility index (Phi) is 69.8. The number of hydrogen-bond acceptors (Lipinski definition) is 14. The summed E-state index contributed by atoms with van der Waals surface area (Å²) in [7, 11) is -9.81. The fourth-order valence-corrected chi connectivity index (χ4v) is 11.3. The van der Waals surface area contributed by atoms with E-state index in [0.29, 0.717) is 19.3 Å². The SMILES string of the molecule is CC/C=C\C/C=C\C/C=C\C/C=C\C/C=C\C/C=C\CCCCCCCCC(=O)OCC(O)COP(=O)(O)OCC(O)COP(=O)(O)OCC(COC(=O)CCCCCCCC/C=C\C/C=C\C/C=C\CCCCC)OC(=O)CCCCCCCC/C=C\C/C=C\C/C=C\CCCCC. The number of phosphoric ester groups is 2. The van der Waals surface area contributed by atoms with Gasteiger partial charge in [-0.15, -0.1) is 0 Å². The Morgan fingerprint density at radius 2 is 0.535 bits per heavy atom. The van der Waals surface area contributed by atoms with Gasteiger partial charge in [-0.25, -0.2) is 9.13 Å². The number of carbonyl (C=O) groups is 3. The molecule has 0 bridgehead atoms. The summed E-state index contributed by atoms with van der Waals surface area (Å²) in [6.45, 7) is 2.46. The third-order valence-corrected chi connectivity index (χ3v) is 17.4. The third-order valence-electron chi connectivity index (χ3n) is 15.5. The maximum atomic E-state index is 13.0. The Hall–Kier alpha value is -4.57. The van der Waals surface area contributed by atoms with Crippen molar-refractivity contribution in [2.24, 2.45) is 0 Å². The number of hydrogen-bond donors (Lipinski definition) is 4. The lowest BCUT2D eigenvalue weighted by Crippen LogP contribution is -2.30. The van der Waals surface area contributed by atoms with Gasteiger partial charge in [0.25, 0.3) is 0 Å². The maximum Gasteiger partial charge on any atom is 0.472 e. The molecule has 16 nitrogen and oxygen atoms in total. The summed E-state index contributed by atoms with van der Waals surface area (Å²) in [5, 5.41) is 20.6. The zero-order valence-electron chi connectivity index (χ0n) is 61.6. The number of esters is 3. The number of unbranched alkanes of at least 4 members (excludes halogenated alkanes) is 24. The number of phosphoric acid groups is 2. The minimum Gasteiger partial charge on any atom is -0.463 e. The Balaban J connectivity index is 4.70. The van der Waals surface area contributed by atoms with Gasteiger partial charge < -0.3 is 34.2 Å². The van der Waals surface area contributed by atoms with Crippen LogP contribution in [-0.2, 0) is 55.8 Å². The molecule has 0 aromatic carbocycles. The van der Waals surface area contributed by atoms with Crippen molar-refractivity contribution in [1.82, 2.24) is 0 Å². The summed E-state index contributed by atoms with van der Waals surface area (Å²) in [6, 6.07) is 0. The molecule has 18 heteroatoms. The Morgan fingerprint density at radius 1 is 0.293 bits per heavy atom. The second-order valence-corrected chi connectivity index (χ2v) is 28.0. The Labute approximate surface area is 600 Å². The molecular weight excluding hydrogens is 1290 g/mol. The van der Waals surface area contributed by atoms with Crippen LogP contribution in [0.2, 0.25) is 0 Å². The van der Waals surface area contributed by atoms with Crippen molar-refractivity contribution in [3.8, 4) is 0 Å². The number of allylic oxidation sites excluding steroid dienone is 24. The molecular formula is C81H136O16P2. The van der Waals surface area contributed by atoms with Crippen LogP contribution in [0.15, 0.2) is 146 Å². The molecule has 0 aromatic rings. The second-order valence-electron chi connectivity index (χ2n) is 25.1. The molecule has 0 aromatic heterocycles. The van der Waals surface area contributed by atoms with E-state index in [4.69, 9.17) is 32.3 Å². The highest BCUT2D eigenvalue weighted by molar-refractivity contribution is 7.47. The van der Waals surface area contributed by atoms with Gasteiger partial charge in [0.1, 0.15) is 25.4 Å². The van der Waals surface area contributed by atoms with E-state index < -0.39 is 91.5 Å². The predicted octanol–water partition coefficient (Wildman–Crippen LogP) is 22.1. The number of aliphatic hydroxyl groups is 2. The predicted molar refractivity (Wildman–Crippen MR) is 408 cm³/mol. The fraction of sp³-hybridized carbons (Fsp3) is 0.667. The van der Waals surface area contributed by atoms with Crippen LogP contribution in [0.1, 0.15) is 290 Å². The average Bonchev–Trinajstić information content (AvgIpc) is 2.90. The van der Waals surface area contributed by atoms with Crippen LogP contribution in [0.4, 0.5) is 0 Å². The van der Waals surface area contributed by atoms with Crippen molar-refractivity contribution in [2.45, 2.75) is 309 Å². The molecule has 566 valence electrons. The largest absolute Gasteiger partial charge is 0.472 e. The van der Waals surface area contributed by atoms with E-state index >= 15 is 0 Å². The summed E-state index contributed by atoms with van der Waals surface area (Å²) < 4.78 is 61.1. The summed E-state index contributed by atoms with van der Waals surface area (Å²) in [4.78, 5) is 58.6. The topological polar surface area (TPSA) is 231 Å². The van der Waals surface area contributed by atoms with Gasteiger partial charge >= 0.3 is 33.6 Å². The van der Waals surface area contributed by atoms with Crippen LogP contribution < -0.4 is 0 Å². The van der Waals surface area contributed by atoms with Crippen molar-refractivity contribution in [2.75, 3.05) is 39.6 Å². The summed E-state index contributed by atoms with van der Waals surface area (Å²) in [6.07, 6.45) is 88.7. The number of rotatable bonds is 71. The molecule has 99 heavy (non-hydrogen) atoms. The number of aliphatic hydroxyl groups excluding tert-OH is 2. The van der Waals surface area contributed by atoms with Gasteiger partial charge in [-0.3, -0.25) is 32.5 Å². The lowest BCUT2D eigenvalue weighted by atomic mass is 10.1. The van der Waals surface area contributed by atoms with Crippen molar-refractivity contribution >= 4 is 33.6 Å². The highest BCUT2D eigenvalue weighted by Crippen LogP contribution is 2.45. The van der Waals surface area contributed by atoms with Crippen LogP contribution in [0.25, 0.3) is 0 Å². The van der Waals surface area contributed by atoms with E-state index in [1.165, 1.54) is 38.5 Å². The van der Waals surface area contributed by atoms with Gasteiger partial charge in [0.05, 0.1) is 26.4 Å². The lowest BCUT2D eigenvalue weighted by Gasteiger charge is -2.21. The van der Waals surface area contributed by atoms with E-state index in [0.717, 1.165) is 193 Å². The average molecular weight is 1430 g/mol. The summed E-state index contributed by atoms with van der Waals surface area (Å²) in [5.74, 6) is -1.62. The maximum absolute atomic E-state index is 13.0. The highest BCUT2D eigenvalue weighted by atomic mass is 31.2. The third kappa shape index (κ3) is 74.4. The monoisotopic (exact) mass is 1430 g/mol. The molecule has 4 N–H and O–H groups in total. The molecule has 5 unspecified atom stereocenters. The van der Waals surface area contributed by atoms with Gasteiger partial charge in [0, 0.05) is 19.3 Å². The molecule has 0 aliphatic carbocycles. The fourth-order valence-electron chi connectivity index (χ4n) is 9.70. The van der Waals surface area contributed by atoms with Crippen molar-refractivity contribution in [3.63, 3.8) is 0 Å². The van der Waals surface area contributed by atoms with Gasteiger partial charge in [0.2, 0.25) is 0 Å². The quantitative estimate of drug-likeness (QED) is 0.0146. The molecule has 0 aliphatic rings. The van der Waals surface area contributed by atoms with Gasteiger partial charge in [0.15, 0.2) is 6.10 Å². The molecule has 0 amide bonds. The molecule has 0 aliphatic heterocycles. The molecule has 0 radical (unpaired) electrons. The molecule has 0 fully saturated rings. The van der Waals surface area contributed by atoms with Crippen molar-refractivity contribution in [1.29, 1.82) is 0 Å². The zero-order chi connectivity index (χ0) is 72.3. The first-order valence-electron chi connectivity index (χ1n) is 38.1. The van der Waals surface area contributed by atoms with E-state index in [2.05, 4.69) is 167 Å². The molecule has 0 saturated carbocycles. The molecule has 0 saturated heterocycles. The molecule has 5 atom stereocenters. The summed E-state index contributed by atoms with van der Waals surface area (Å²) in [5.41, 5.74) is 0. The number of ether oxygens (including phenoxy) is 3. The van der Waals surface area contributed by atoms with Crippen LogP contribution in [0.5, 0.6) is 0 Å². The number of carbonyl (C=O) groups excluding carboxylic acids is 3.